The average Bonchev–Trinajstić information content (AvgIpc) is 2.87. The van der Waals surface area contributed by atoms with Crippen molar-refractivity contribution < 1.29 is 4.79 Å². The molecule has 3 rings (SSSR count). The zero-order chi connectivity index (χ0) is 13.9. The van der Waals surface area contributed by atoms with E-state index in [1.807, 2.05) is 19.1 Å². The molecule has 1 amide bonds. The Labute approximate surface area is 116 Å². The summed E-state index contributed by atoms with van der Waals surface area (Å²) in [5.74, 6) is -0.222. The number of amides is 1. The Morgan fingerprint density at radius 2 is 2.40 bits per heavy atom. The van der Waals surface area contributed by atoms with Gasteiger partial charge in [0.1, 0.15) is 0 Å². The van der Waals surface area contributed by atoms with E-state index < -0.39 is 0 Å². The van der Waals surface area contributed by atoms with Crippen LogP contribution < -0.4 is 10.6 Å². The average molecular weight is 272 g/mol. The normalized spacial score (nSPS) is 16.4. The van der Waals surface area contributed by atoms with E-state index >= 15 is 0 Å². The van der Waals surface area contributed by atoms with Crippen LogP contribution >= 0.6 is 0 Å². The van der Waals surface area contributed by atoms with Gasteiger partial charge >= 0.3 is 0 Å². The topological polar surface area (TPSA) is 84.7 Å². The lowest BCUT2D eigenvalue weighted by molar-refractivity contribution is 0.0934. The zero-order valence-electron chi connectivity index (χ0n) is 11.2. The highest BCUT2D eigenvalue weighted by Crippen LogP contribution is 2.12. The van der Waals surface area contributed by atoms with Crippen LogP contribution in [0.15, 0.2) is 30.7 Å². The number of nitrogens with one attached hydrogen (secondary N) is 2. The standard InChI is InChI=1S/C13H16N6O/c1-9(10-3-2-4-14-5-10)16-13(20)12-8-19(18-17-12)11-6-15-7-11/h2-5,8-9,11,15H,6-7H2,1H3,(H,16,20)/t9-/m1/s1. The van der Waals surface area contributed by atoms with Gasteiger partial charge in [-0.25, -0.2) is 4.68 Å². The van der Waals surface area contributed by atoms with Gasteiger partial charge < -0.3 is 10.6 Å². The highest BCUT2D eigenvalue weighted by Gasteiger charge is 2.22. The minimum Gasteiger partial charge on any atom is -0.344 e. The largest absolute Gasteiger partial charge is 0.344 e. The number of rotatable bonds is 4. The lowest BCUT2D eigenvalue weighted by Gasteiger charge is -2.26. The Balaban J connectivity index is 1.65. The molecule has 2 aromatic rings. The van der Waals surface area contributed by atoms with Gasteiger partial charge in [0.2, 0.25) is 0 Å². The summed E-state index contributed by atoms with van der Waals surface area (Å²) in [6.45, 7) is 3.65. The SMILES string of the molecule is C[C@@H](NC(=O)c1cn(C2CNC2)nn1)c1cccnc1. The van der Waals surface area contributed by atoms with Gasteiger partial charge in [-0.2, -0.15) is 0 Å². The van der Waals surface area contributed by atoms with Crippen molar-refractivity contribution in [2.75, 3.05) is 13.1 Å². The number of carbonyl (C=O) groups is 1. The van der Waals surface area contributed by atoms with Crippen molar-refractivity contribution >= 4 is 5.91 Å². The minimum atomic E-state index is -0.222. The van der Waals surface area contributed by atoms with Crippen molar-refractivity contribution in [3.05, 3.63) is 42.0 Å². The third kappa shape index (κ3) is 2.53. The van der Waals surface area contributed by atoms with Gasteiger partial charge in [0.15, 0.2) is 5.69 Å². The van der Waals surface area contributed by atoms with E-state index in [4.69, 9.17) is 0 Å². The first-order valence-corrected chi connectivity index (χ1v) is 6.57. The molecule has 3 heterocycles. The van der Waals surface area contributed by atoms with Gasteiger partial charge in [-0.3, -0.25) is 9.78 Å². The second kappa shape index (κ2) is 5.38. The van der Waals surface area contributed by atoms with Crippen LogP contribution in [0.3, 0.4) is 0 Å². The van der Waals surface area contributed by atoms with Crippen molar-refractivity contribution in [3.63, 3.8) is 0 Å². The van der Waals surface area contributed by atoms with E-state index in [-0.39, 0.29) is 11.9 Å². The Morgan fingerprint density at radius 1 is 1.55 bits per heavy atom. The van der Waals surface area contributed by atoms with Crippen LogP contribution in [-0.2, 0) is 0 Å². The molecule has 104 valence electrons. The zero-order valence-corrected chi connectivity index (χ0v) is 11.2. The van der Waals surface area contributed by atoms with Crippen LogP contribution in [0.25, 0.3) is 0 Å². The smallest absolute Gasteiger partial charge is 0.273 e. The summed E-state index contributed by atoms with van der Waals surface area (Å²) in [4.78, 5) is 16.1. The fourth-order valence-electron chi connectivity index (χ4n) is 2.01. The molecule has 2 aromatic heterocycles. The van der Waals surface area contributed by atoms with E-state index in [1.54, 1.807) is 23.3 Å². The molecule has 0 aromatic carbocycles. The maximum atomic E-state index is 12.1. The predicted molar refractivity (Wildman–Crippen MR) is 72.0 cm³/mol. The van der Waals surface area contributed by atoms with Crippen LogP contribution in [0.1, 0.15) is 35.1 Å². The third-order valence-corrected chi connectivity index (χ3v) is 3.41. The van der Waals surface area contributed by atoms with Crippen LogP contribution in [0.4, 0.5) is 0 Å². The Morgan fingerprint density at radius 3 is 3.05 bits per heavy atom. The first kappa shape index (κ1) is 12.7. The maximum Gasteiger partial charge on any atom is 0.273 e. The Bertz CT molecular complexity index is 592. The Kier molecular flexibility index (Phi) is 3.42. The highest BCUT2D eigenvalue weighted by molar-refractivity contribution is 5.92. The van der Waals surface area contributed by atoms with Crippen molar-refractivity contribution in [2.45, 2.75) is 19.0 Å². The van der Waals surface area contributed by atoms with Crippen LogP contribution in [0, 0.1) is 0 Å². The molecule has 1 aliphatic rings. The van der Waals surface area contributed by atoms with Crippen molar-refractivity contribution in [3.8, 4) is 0 Å². The maximum absolute atomic E-state index is 12.1. The fraction of sp³-hybridized carbons (Fsp3) is 0.385. The van der Waals surface area contributed by atoms with Crippen LogP contribution in [0.5, 0.6) is 0 Å². The molecule has 0 spiro atoms. The number of nitrogens with zero attached hydrogens (tertiary/aromatic N) is 4. The first-order valence-electron chi connectivity index (χ1n) is 6.57. The lowest BCUT2D eigenvalue weighted by atomic mass is 10.1. The first-order chi connectivity index (χ1) is 9.74. The molecule has 0 bridgehead atoms. The van der Waals surface area contributed by atoms with Gasteiger partial charge in [-0.15, -0.1) is 5.10 Å². The molecular weight excluding hydrogens is 256 g/mol. The summed E-state index contributed by atoms with van der Waals surface area (Å²) in [6, 6.07) is 3.96. The summed E-state index contributed by atoms with van der Waals surface area (Å²) < 4.78 is 1.74. The lowest BCUT2D eigenvalue weighted by Crippen LogP contribution is -2.43. The molecule has 0 saturated carbocycles. The molecule has 0 radical (unpaired) electrons. The van der Waals surface area contributed by atoms with E-state index in [0.717, 1.165) is 18.7 Å². The fourth-order valence-corrected chi connectivity index (χ4v) is 2.01. The molecule has 0 aliphatic carbocycles. The number of hydrogen-bond acceptors (Lipinski definition) is 5. The van der Waals surface area contributed by atoms with Crippen molar-refractivity contribution in [1.82, 2.24) is 30.6 Å². The number of aromatic nitrogens is 4. The molecule has 7 nitrogen and oxygen atoms in total. The molecule has 1 fully saturated rings. The molecule has 1 atom stereocenters. The third-order valence-electron chi connectivity index (χ3n) is 3.41. The monoisotopic (exact) mass is 272 g/mol. The molecule has 7 heteroatoms. The number of carbonyl (C=O) groups excluding carboxylic acids is 1. The number of hydrogen-bond donors (Lipinski definition) is 2. The van der Waals surface area contributed by atoms with E-state index in [0.29, 0.717) is 11.7 Å². The molecular formula is C13H16N6O. The van der Waals surface area contributed by atoms with E-state index in [9.17, 15) is 4.79 Å². The summed E-state index contributed by atoms with van der Waals surface area (Å²) >= 11 is 0. The molecule has 2 N–H and O–H groups in total. The highest BCUT2D eigenvalue weighted by atomic mass is 16.2. The number of pyridine rings is 1. The van der Waals surface area contributed by atoms with Crippen LogP contribution in [-0.4, -0.2) is 39.0 Å². The van der Waals surface area contributed by atoms with Crippen molar-refractivity contribution in [2.24, 2.45) is 0 Å². The summed E-state index contributed by atoms with van der Waals surface area (Å²) in [7, 11) is 0. The van der Waals surface area contributed by atoms with Gasteiger partial charge in [-0.1, -0.05) is 11.3 Å². The summed E-state index contributed by atoms with van der Waals surface area (Å²) in [5.41, 5.74) is 1.30. The Hall–Kier alpha value is -2.28. The second-order valence-corrected chi connectivity index (χ2v) is 4.88. The van der Waals surface area contributed by atoms with E-state index in [1.165, 1.54) is 0 Å². The van der Waals surface area contributed by atoms with E-state index in [2.05, 4.69) is 25.9 Å². The molecule has 1 saturated heterocycles. The summed E-state index contributed by atoms with van der Waals surface area (Å²) in [5, 5.41) is 14.0. The molecule has 20 heavy (non-hydrogen) atoms. The predicted octanol–water partition coefficient (Wildman–Crippen LogP) is 0.308. The molecule has 0 unspecified atom stereocenters. The van der Waals surface area contributed by atoms with Gasteiger partial charge in [0, 0.05) is 25.5 Å². The quantitative estimate of drug-likeness (QED) is 0.836. The van der Waals surface area contributed by atoms with Gasteiger partial charge in [0.05, 0.1) is 18.3 Å². The second-order valence-electron chi connectivity index (χ2n) is 4.88. The summed E-state index contributed by atoms with van der Waals surface area (Å²) in [6.07, 6.45) is 5.13. The van der Waals surface area contributed by atoms with Crippen LogP contribution in [0.2, 0.25) is 0 Å². The minimum absolute atomic E-state index is 0.119. The molecule has 1 aliphatic heterocycles. The van der Waals surface area contributed by atoms with Gasteiger partial charge in [0.25, 0.3) is 5.91 Å². The van der Waals surface area contributed by atoms with Crippen molar-refractivity contribution in [1.29, 1.82) is 0 Å². The van der Waals surface area contributed by atoms with Gasteiger partial charge in [-0.05, 0) is 18.6 Å².